The lowest BCUT2D eigenvalue weighted by molar-refractivity contribution is -0.141. The molecule has 0 aliphatic heterocycles. The first-order chi connectivity index (χ1) is 13.3. The number of anilines is 1. The highest BCUT2D eigenvalue weighted by atomic mass is 32.1. The average Bonchev–Trinajstić information content (AvgIpc) is 3.15. The second-order valence-electron chi connectivity index (χ2n) is 5.56. The molecule has 0 bridgehead atoms. The van der Waals surface area contributed by atoms with Gasteiger partial charge in [0.15, 0.2) is 10.8 Å². The van der Waals surface area contributed by atoms with Crippen molar-refractivity contribution in [3.05, 3.63) is 60.0 Å². The fourth-order valence-corrected chi connectivity index (χ4v) is 2.44. The number of hydrogen-bond donors (Lipinski definition) is 2. The van der Waals surface area contributed by atoms with Crippen LogP contribution in [0.3, 0.4) is 0 Å². The average molecular weight is 408 g/mol. The monoisotopic (exact) mass is 408 g/mol. The number of halogens is 3. The van der Waals surface area contributed by atoms with E-state index in [2.05, 4.69) is 20.6 Å². The van der Waals surface area contributed by atoms with Crippen LogP contribution < -0.4 is 15.4 Å². The minimum atomic E-state index is -4.64. The lowest BCUT2D eigenvalue weighted by atomic mass is 10.2. The zero-order valence-corrected chi connectivity index (χ0v) is 15.4. The maximum atomic E-state index is 12.9. The number of furan rings is 1. The van der Waals surface area contributed by atoms with Gasteiger partial charge in [0.2, 0.25) is 11.8 Å². The zero-order chi connectivity index (χ0) is 20.1. The second kappa shape index (κ2) is 8.26. The van der Waals surface area contributed by atoms with Gasteiger partial charge >= 0.3 is 6.18 Å². The smallest absolute Gasteiger partial charge is 0.433 e. The first kappa shape index (κ1) is 19.6. The van der Waals surface area contributed by atoms with Gasteiger partial charge in [-0.25, -0.2) is 4.98 Å². The summed E-state index contributed by atoms with van der Waals surface area (Å²) in [4.78, 5) is 7.22. The molecule has 28 heavy (non-hydrogen) atoms. The van der Waals surface area contributed by atoms with E-state index in [4.69, 9.17) is 21.4 Å². The molecule has 0 spiro atoms. The third kappa shape index (κ3) is 4.97. The normalized spacial score (nSPS) is 11.1. The van der Waals surface area contributed by atoms with Gasteiger partial charge in [0.05, 0.1) is 13.7 Å². The van der Waals surface area contributed by atoms with Crippen molar-refractivity contribution in [3.8, 4) is 17.2 Å². The van der Waals surface area contributed by atoms with E-state index in [-0.39, 0.29) is 23.5 Å². The maximum Gasteiger partial charge on any atom is 0.433 e. The molecule has 2 heterocycles. The van der Waals surface area contributed by atoms with Crippen LogP contribution in [0.25, 0.3) is 11.3 Å². The Morgan fingerprint density at radius 3 is 2.57 bits per heavy atom. The van der Waals surface area contributed by atoms with Gasteiger partial charge in [-0.1, -0.05) is 30.3 Å². The standard InChI is InChI=1S/C18H15F3N4O2S/c1-26-15-9-14(18(19,20)21)23-16(24-15)25-17(28)22-10-12-7-8-13(27-12)11-5-3-2-4-6-11/h2-9H,10H2,1H3,(H2,22,23,24,25,28). The van der Waals surface area contributed by atoms with E-state index in [1.165, 1.54) is 7.11 Å². The molecule has 0 aliphatic rings. The molecule has 146 valence electrons. The van der Waals surface area contributed by atoms with Crippen molar-refractivity contribution < 1.29 is 22.3 Å². The molecule has 0 radical (unpaired) electrons. The SMILES string of the molecule is COc1cc(C(F)(F)F)nc(NC(=S)NCc2ccc(-c3ccccc3)o2)n1. The zero-order valence-electron chi connectivity index (χ0n) is 14.6. The van der Waals surface area contributed by atoms with E-state index in [1.54, 1.807) is 6.07 Å². The molecule has 2 aromatic heterocycles. The van der Waals surface area contributed by atoms with Gasteiger partial charge in [-0.2, -0.15) is 18.2 Å². The van der Waals surface area contributed by atoms with Gasteiger partial charge in [0.1, 0.15) is 11.5 Å². The highest BCUT2D eigenvalue weighted by Crippen LogP contribution is 2.30. The minimum Gasteiger partial charge on any atom is -0.481 e. The summed E-state index contributed by atoms with van der Waals surface area (Å²) in [6.45, 7) is 0.231. The van der Waals surface area contributed by atoms with Crippen molar-refractivity contribution in [2.75, 3.05) is 12.4 Å². The summed E-state index contributed by atoms with van der Waals surface area (Å²) in [7, 11) is 1.21. The Morgan fingerprint density at radius 2 is 1.89 bits per heavy atom. The van der Waals surface area contributed by atoms with Crippen molar-refractivity contribution >= 4 is 23.3 Å². The lowest BCUT2D eigenvalue weighted by Crippen LogP contribution is -2.29. The Balaban J connectivity index is 1.63. The van der Waals surface area contributed by atoms with Crippen LogP contribution in [0.15, 0.2) is 52.9 Å². The largest absolute Gasteiger partial charge is 0.481 e. The highest BCUT2D eigenvalue weighted by Gasteiger charge is 2.34. The third-order valence-electron chi connectivity index (χ3n) is 3.57. The molecule has 0 aliphatic carbocycles. The Morgan fingerprint density at radius 1 is 1.14 bits per heavy atom. The number of alkyl halides is 3. The molecule has 0 amide bonds. The first-order valence-electron chi connectivity index (χ1n) is 8.04. The maximum absolute atomic E-state index is 12.9. The predicted octanol–water partition coefficient (Wildman–Crippen LogP) is 4.25. The van der Waals surface area contributed by atoms with E-state index in [9.17, 15) is 13.2 Å². The number of nitrogens with zero attached hydrogens (tertiary/aromatic N) is 2. The van der Waals surface area contributed by atoms with Crippen LogP contribution in [0.5, 0.6) is 5.88 Å². The molecule has 1 aromatic carbocycles. The van der Waals surface area contributed by atoms with Crippen molar-refractivity contribution in [2.24, 2.45) is 0 Å². The molecule has 0 unspecified atom stereocenters. The van der Waals surface area contributed by atoms with Crippen LogP contribution in [-0.2, 0) is 12.7 Å². The minimum absolute atomic E-state index is 0.0408. The van der Waals surface area contributed by atoms with Crippen molar-refractivity contribution in [1.29, 1.82) is 0 Å². The number of hydrogen-bond acceptors (Lipinski definition) is 5. The number of aromatic nitrogens is 2. The van der Waals surface area contributed by atoms with Crippen LogP contribution in [0, 0.1) is 0 Å². The number of methoxy groups -OCH3 is 1. The van der Waals surface area contributed by atoms with E-state index < -0.39 is 11.9 Å². The molecular weight excluding hydrogens is 393 g/mol. The topological polar surface area (TPSA) is 72.2 Å². The van der Waals surface area contributed by atoms with Crippen molar-refractivity contribution in [3.63, 3.8) is 0 Å². The first-order valence-corrected chi connectivity index (χ1v) is 8.45. The van der Waals surface area contributed by atoms with E-state index in [0.29, 0.717) is 17.6 Å². The number of thiocarbonyl (C=S) groups is 1. The Hall–Kier alpha value is -3.14. The summed E-state index contributed by atoms with van der Waals surface area (Å²) in [5, 5.41) is 5.39. The molecule has 0 saturated carbocycles. The van der Waals surface area contributed by atoms with Crippen LogP contribution in [-0.4, -0.2) is 22.2 Å². The molecule has 2 N–H and O–H groups in total. The quantitative estimate of drug-likeness (QED) is 0.612. The number of nitrogens with one attached hydrogen (secondary N) is 2. The van der Waals surface area contributed by atoms with Crippen LogP contribution in [0.1, 0.15) is 11.5 Å². The molecule has 0 saturated heterocycles. The van der Waals surface area contributed by atoms with E-state index >= 15 is 0 Å². The molecule has 0 atom stereocenters. The molecule has 0 fully saturated rings. The molecule has 3 aromatic rings. The van der Waals surface area contributed by atoms with Gasteiger partial charge in [-0.05, 0) is 24.4 Å². The number of rotatable bonds is 5. The lowest BCUT2D eigenvalue weighted by Gasteiger charge is -2.12. The van der Waals surface area contributed by atoms with Gasteiger partial charge in [0, 0.05) is 11.6 Å². The van der Waals surface area contributed by atoms with E-state index in [0.717, 1.165) is 5.56 Å². The van der Waals surface area contributed by atoms with Gasteiger partial charge in [0.25, 0.3) is 0 Å². The number of ether oxygens (including phenoxy) is 1. The highest BCUT2D eigenvalue weighted by molar-refractivity contribution is 7.80. The second-order valence-corrected chi connectivity index (χ2v) is 5.96. The summed E-state index contributed by atoms with van der Waals surface area (Å²) >= 11 is 5.09. The Kier molecular flexibility index (Phi) is 5.78. The van der Waals surface area contributed by atoms with Crippen LogP contribution in [0.4, 0.5) is 19.1 Å². The molecule has 10 heteroatoms. The number of benzene rings is 1. The molecule has 3 rings (SSSR count). The summed E-state index contributed by atoms with van der Waals surface area (Å²) in [5.74, 6) is 0.743. The van der Waals surface area contributed by atoms with Crippen LogP contribution in [0.2, 0.25) is 0 Å². The third-order valence-corrected chi connectivity index (χ3v) is 3.82. The summed E-state index contributed by atoms with van der Waals surface area (Å²) in [6, 6.07) is 13.8. The van der Waals surface area contributed by atoms with Crippen molar-refractivity contribution in [2.45, 2.75) is 12.7 Å². The molecular formula is C18H15F3N4O2S. The molecule has 6 nitrogen and oxygen atoms in total. The van der Waals surface area contributed by atoms with Gasteiger partial charge in [-0.15, -0.1) is 0 Å². The summed E-state index contributed by atoms with van der Waals surface area (Å²) in [6.07, 6.45) is -4.64. The van der Waals surface area contributed by atoms with Crippen LogP contribution >= 0.6 is 12.2 Å². The summed E-state index contributed by atoms with van der Waals surface area (Å²) < 4.78 is 49.2. The predicted molar refractivity (Wildman–Crippen MR) is 101 cm³/mol. The van der Waals surface area contributed by atoms with Crippen molar-refractivity contribution in [1.82, 2.24) is 15.3 Å². The Bertz CT molecular complexity index is 961. The summed E-state index contributed by atoms with van der Waals surface area (Å²) in [5.41, 5.74) is -0.206. The Labute approximate surface area is 163 Å². The van der Waals surface area contributed by atoms with Gasteiger partial charge in [-0.3, -0.25) is 0 Å². The van der Waals surface area contributed by atoms with E-state index in [1.807, 2.05) is 36.4 Å². The fraction of sp³-hybridized carbons (Fsp3) is 0.167. The van der Waals surface area contributed by atoms with Gasteiger partial charge < -0.3 is 19.8 Å². The fourth-order valence-electron chi connectivity index (χ4n) is 2.27.